The summed E-state index contributed by atoms with van der Waals surface area (Å²) in [6.07, 6.45) is 1.32. The van der Waals surface area contributed by atoms with Crippen LogP contribution in [0.15, 0.2) is 6.20 Å². The number of aliphatic carboxylic acids is 2. The van der Waals surface area contributed by atoms with Crippen LogP contribution in [-0.2, 0) is 9.59 Å². The van der Waals surface area contributed by atoms with Gasteiger partial charge in [0.1, 0.15) is 10.9 Å². The maximum atomic E-state index is 11.6. The molecule has 0 aliphatic heterocycles. The molecule has 1 aromatic heterocycles. The summed E-state index contributed by atoms with van der Waals surface area (Å²) in [5.74, 6) is -2.78. The molecule has 9 heteroatoms. The van der Waals surface area contributed by atoms with Crippen LogP contribution >= 0.6 is 11.5 Å². The Balaban J connectivity index is 2.50. The predicted molar refractivity (Wildman–Crippen MR) is 60.3 cm³/mol. The van der Waals surface area contributed by atoms with E-state index in [2.05, 4.69) is 14.9 Å². The van der Waals surface area contributed by atoms with Crippen LogP contribution in [0.5, 0.6) is 0 Å². The van der Waals surface area contributed by atoms with Crippen molar-refractivity contribution < 1.29 is 24.6 Å². The van der Waals surface area contributed by atoms with E-state index in [1.165, 1.54) is 6.20 Å². The number of carbonyl (C=O) groups is 3. The number of aromatic nitrogens is 2. The summed E-state index contributed by atoms with van der Waals surface area (Å²) in [5.41, 5.74) is 0. The van der Waals surface area contributed by atoms with Crippen LogP contribution in [0, 0.1) is 0 Å². The van der Waals surface area contributed by atoms with Gasteiger partial charge in [-0.3, -0.25) is 9.59 Å². The molecule has 1 amide bonds. The van der Waals surface area contributed by atoms with E-state index in [1.54, 1.807) is 0 Å². The normalized spacial score (nSPS) is 11.8. The van der Waals surface area contributed by atoms with Crippen LogP contribution in [0.2, 0.25) is 0 Å². The van der Waals surface area contributed by atoms with Crippen molar-refractivity contribution in [2.24, 2.45) is 0 Å². The van der Waals surface area contributed by atoms with Gasteiger partial charge in [-0.1, -0.05) is 4.49 Å². The van der Waals surface area contributed by atoms with Crippen LogP contribution in [0.1, 0.15) is 28.9 Å². The largest absolute Gasteiger partial charge is 0.481 e. The second-order valence-corrected chi connectivity index (χ2v) is 4.22. The Kier molecular flexibility index (Phi) is 5.18. The Bertz CT molecular complexity index is 433. The van der Waals surface area contributed by atoms with E-state index in [0.717, 1.165) is 11.5 Å². The van der Waals surface area contributed by atoms with Gasteiger partial charge in [-0.25, -0.2) is 4.79 Å². The minimum Gasteiger partial charge on any atom is -0.481 e. The van der Waals surface area contributed by atoms with Gasteiger partial charge in [0.25, 0.3) is 5.91 Å². The third-order valence-corrected chi connectivity index (χ3v) is 2.74. The van der Waals surface area contributed by atoms with E-state index in [4.69, 9.17) is 10.2 Å². The average molecular weight is 273 g/mol. The van der Waals surface area contributed by atoms with Gasteiger partial charge < -0.3 is 15.5 Å². The first-order chi connectivity index (χ1) is 8.50. The summed E-state index contributed by atoms with van der Waals surface area (Å²) in [6.45, 7) is 0. The van der Waals surface area contributed by atoms with E-state index in [-0.39, 0.29) is 24.1 Å². The van der Waals surface area contributed by atoms with Crippen LogP contribution in [0.25, 0.3) is 0 Å². The predicted octanol–water partition coefficient (Wildman–Crippen LogP) is -0.0240. The molecule has 0 aliphatic rings. The van der Waals surface area contributed by atoms with Gasteiger partial charge in [-0.05, 0) is 24.4 Å². The van der Waals surface area contributed by atoms with E-state index in [9.17, 15) is 14.4 Å². The Morgan fingerprint density at radius 1 is 1.39 bits per heavy atom. The summed E-state index contributed by atoms with van der Waals surface area (Å²) in [7, 11) is 0. The van der Waals surface area contributed by atoms with Crippen LogP contribution in [-0.4, -0.2) is 43.7 Å². The molecule has 0 saturated heterocycles. The summed E-state index contributed by atoms with van der Waals surface area (Å²) in [4.78, 5) is 33.0. The molecule has 3 N–H and O–H groups in total. The lowest BCUT2D eigenvalue weighted by Gasteiger charge is -2.12. The zero-order valence-corrected chi connectivity index (χ0v) is 10.0. The van der Waals surface area contributed by atoms with Crippen molar-refractivity contribution in [2.75, 3.05) is 0 Å². The number of hydrogen-bond acceptors (Lipinski definition) is 6. The van der Waals surface area contributed by atoms with Crippen molar-refractivity contribution in [3.63, 3.8) is 0 Å². The molecule has 1 heterocycles. The third kappa shape index (κ3) is 4.45. The fourth-order valence-electron chi connectivity index (χ4n) is 1.21. The van der Waals surface area contributed by atoms with Crippen molar-refractivity contribution >= 4 is 29.4 Å². The lowest BCUT2D eigenvalue weighted by Crippen LogP contribution is -2.40. The van der Waals surface area contributed by atoms with Crippen LogP contribution in [0.4, 0.5) is 0 Å². The number of nitrogens with zero attached hydrogens (tertiary/aromatic N) is 2. The highest BCUT2D eigenvalue weighted by Crippen LogP contribution is 2.06. The molecular weight excluding hydrogens is 262 g/mol. The number of carboxylic acids is 2. The van der Waals surface area contributed by atoms with Crippen molar-refractivity contribution in [3.8, 4) is 0 Å². The molecule has 0 aromatic carbocycles. The lowest BCUT2D eigenvalue weighted by molar-refractivity contribution is -0.140. The van der Waals surface area contributed by atoms with Crippen LogP contribution in [0.3, 0.4) is 0 Å². The number of carboxylic acid groups (broad SMARTS) is 2. The first-order valence-corrected chi connectivity index (χ1v) is 5.81. The first kappa shape index (κ1) is 14.0. The monoisotopic (exact) mass is 273 g/mol. The molecular formula is C9H11N3O5S. The smallest absolute Gasteiger partial charge is 0.326 e. The summed E-state index contributed by atoms with van der Waals surface area (Å²) in [6, 6.07) is -1.11. The fourth-order valence-corrected chi connectivity index (χ4v) is 1.63. The molecule has 18 heavy (non-hydrogen) atoms. The second-order valence-electron chi connectivity index (χ2n) is 3.43. The number of amides is 1. The highest BCUT2D eigenvalue weighted by atomic mass is 32.1. The first-order valence-electron chi connectivity index (χ1n) is 5.03. The number of nitrogens with one attached hydrogen (secondary N) is 1. The molecule has 0 bridgehead atoms. The molecule has 1 aromatic rings. The molecule has 0 unspecified atom stereocenters. The van der Waals surface area contributed by atoms with Crippen LogP contribution < -0.4 is 5.32 Å². The summed E-state index contributed by atoms with van der Waals surface area (Å²) < 4.78 is 3.49. The quantitative estimate of drug-likeness (QED) is 0.636. The van der Waals surface area contributed by atoms with Crippen molar-refractivity contribution in [3.05, 3.63) is 11.1 Å². The van der Waals surface area contributed by atoms with Crippen molar-refractivity contribution in [1.29, 1.82) is 0 Å². The molecule has 0 spiro atoms. The zero-order chi connectivity index (χ0) is 13.5. The molecule has 0 fully saturated rings. The number of rotatable bonds is 7. The minimum atomic E-state index is -1.20. The zero-order valence-electron chi connectivity index (χ0n) is 9.20. The molecule has 0 saturated carbocycles. The third-order valence-electron chi connectivity index (χ3n) is 2.07. The molecule has 98 valence electrons. The van der Waals surface area contributed by atoms with Gasteiger partial charge in [0.05, 0.1) is 6.20 Å². The Morgan fingerprint density at radius 3 is 2.61 bits per heavy atom. The fraction of sp³-hybridized carbons (Fsp3) is 0.444. The van der Waals surface area contributed by atoms with Gasteiger partial charge in [-0.15, -0.1) is 5.10 Å². The Morgan fingerprint density at radius 2 is 2.11 bits per heavy atom. The Labute approximate surface area is 106 Å². The van der Waals surface area contributed by atoms with Gasteiger partial charge in [0.2, 0.25) is 0 Å². The summed E-state index contributed by atoms with van der Waals surface area (Å²) >= 11 is 0.853. The second kappa shape index (κ2) is 6.64. The van der Waals surface area contributed by atoms with Gasteiger partial charge in [0, 0.05) is 6.42 Å². The van der Waals surface area contributed by atoms with Crippen molar-refractivity contribution in [1.82, 2.24) is 14.9 Å². The molecule has 0 radical (unpaired) electrons. The average Bonchev–Trinajstić information content (AvgIpc) is 2.80. The van der Waals surface area contributed by atoms with Gasteiger partial charge in [0.15, 0.2) is 0 Å². The van der Waals surface area contributed by atoms with Crippen molar-refractivity contribution in [2.45, 2.75) is 25.3 Å². The number of hydrogen-bond donors (Lipinski definition) is 3. The number of carbonyl (C=O) groups excluding carboxylic acids is 1. The maximum absolute atomic E-state index is 11.6. The highest BCUT2D eigenvalue weighted by Gasteiger charge is 2.21. The standard InChI is InChI=1S/C9H11N3O5S/c13-7(14)3-1-2-5(9(16)17)11-8(15)6-4-10-12-18-6/h4-5H,1-3H2,(H,11,15)(H,13,14)(H,16,17)/t5-/m1/s1. The molecule has 0 aliphatic carbocycles. The SMILES string of the molecule is O=C(O)CCC[C@@H](NC(=O)c1cnns1)C(=O)O. The maximum Gasteiger partial charge on any atom is 0.326 e. The van der Waals surface area contributed by atoms with E-state index in [0.29, 0.717) is 0 Å². The topological polar surface area (TPSA) is 129 Å². The molecule has 1 rings (SSSR count). The molecule has 8 nitrogen and oxygen atoms in total. The highest BCUT2D eigenvalue weighted by molar-refractivity contribution is 7.07. The minimum absolute atomic E-state index is 0.0552. The van der Waals surface area contributed by atoms with E-state index < -0.39 is 23.9 Å². The summed E-state index contributed by atoms with van der Waals surface area (Å²) in [5, 5.41) is 23.1. The van der Waals surface area contributed by atoms with E-state index >= 15 is 0 Å². The van der Waals surface area contributed by atoms with Gasteiger partial charge >= 0.3 is 11.9 Å². The lowest BCUT2D eigenvalue weighted by atomic mass is 10.1. The van der Waals surface area contributed by atoms with Gasteiger partial charge in [-0.2, -0.15) is 0 Å². The van der Waals surface area contributed by atoms with E-state index in [1.807, 2.05) is 0 Å². The molecule has 1 atom stereocenters. The Hall–Kier alpha value is -2.03.